The van der Waals surface area contributed by atoms with Gasteiger partial charge in [0, 0.05) is 23.3 Å². The molecule has 0 radical (unpaired) electrons. The summed E-state index contributed by atoms with van der Waals surface area (Å²) in [5, 5.41) is 45.7. The molecule has 4 aliphatic carbocycles. The third-order valence-electron chi connectivity index (χ3n) is 11.6. The number of carbonyl (C=O) groups is 2. The fourth-order valence-corrected chi connectivity index (χ4v) is 9.53. The topological polar surface area (TPSA) is 152 Å². The van der Waals surface area contributed by atoms with Crippen molar-refractivity contribution in [3.05, 3.63) is 23.3 Å². The van der Waals surface area contributed by atoms with Crippen molar-refractivity contribution in [3.8, 4) is 0 Å². The Morgan fingerprint density at radius 1 is 1.05 bits per heavy atom. The van der Waals surface area contributed by atoms with Crippen LogP contribution in [0.4, 0.5) is 0 Å². The zero-order chi connectivity index (χ0) is 27.5. The fraction of sp³-hybridized carbons (Fsp3) is 0.793. The first-order valence-electron chi connectivity index (χ1n) is 14.3. The van der Waals surface area contributed by atoms with E-state index >= 15 is 0 Å². The zero-order valence-corrected chi connectivity index (χ0v) is 22.3. The number of carbonyl (C=O) groups excluding carboxylic acids is 2. The number of fused-ring (bicyclic) bond motifs is 7. The first kappa shape index (κ1) is 26.3. The van der Waals surface area contributed by atoms with Crippen molar-refractivity contribution in [1.29, 1.82) is 0 Å². The van der Waals surface area contributed by atoms with Gasteiger partial charge in [0.05, 0.1) is 24.4 Å². The summed E-state index contributed by atoms with van der Waals surface area (Å²) < 4.78 is 23.3. The van der Waals surface area contributed by atoms with E-state index in [0.717, 1.165) is 11.9 Å². The number of aliphatic hydroxyl groups is 4. The molecule has 3 aliphatic heterocycles. The van der Waals surface area contributed by atoms with E-state index in [4.69, 9.17) is 18.9 Å². The Balaban J connectivity index is 1.23. The molecule has 7 aliphatic rings. The first-order chi connectivity index (χ1) is 18.5. The van der Waals surface area contributed by atoms with Crippen molar-refractivity contribution >= 4 is 12.3 Å². The summed E-state index contributed by atoms with van der Waals surface area (Å²) >= 11 is 0. The van der Waals surface area contributed by atoms with Gasteiger partial charge in [-0.25, -0.2) is 4.79 Å². The smallest absolute Gasteiger partial charge is 0.331 e. The minimum atomic E-state index is -2.02. The molecule has 214 valence electrons. The largest absolute Gasteiger partial charge is 0.458 e. The maximum atomic E-state index is 13.1. The van der Waals surface area contributed by atoms with Crippen LogP contribution in [0.2, 0.25) is 0 Å². The molecular weight excluding hydrogens is 508 g/mol. The highest BCUT2D eigenvalue weighted by atomic mass is 16.8. The van der Waals surface area contributed by atoms with Crippen LogP contribution in [0.3, 0.4) is 0 Å². The summed E-state index contributed by atoms with van der Waals surface area (Å²) in [6, 6.07) is 0. The van der Waals surface area contributed by atoms with Gasteiger partial charge in [-0.1, -0.05) is 13.0 Å². The third kappa shape index (κ3) is 3.28. The highest BCUT2D eigenvalue weighted by Gasteiger charge is 2.71. The first-order valence-corrected chi connectivity index (χ1v) is 14.3. The van der Waals surface area contributed by atoms with Gasteiger partial charge in [-0.3, -0.25) is 0 Å². The molecule has 2 saturated heterocycles. The van der Waals surface area contributed by atoms with Crippen LogP contribution >= 0.6 is 0 Å². The number of ether oxygens (including phenoxy) is 4. The van der Waals surface area contributed by atoms with Crippen LogP contribution in [-0.4, -0.2) is 87.5 Å². The fourth-order valence-electron chi connectivity index (χ4n) is 9.53. The number of cyclic esters (lactones) is 1. The van der Waals surface area contributed by atoms with Gasteiger partial charge in [0.1, 0.15) is 24.6 Å². The van der Waals surface area contributed by atoms with E-state index in [1.54, 1.807) is 0 Å². The number of hydrogen-bond acceptors (Lipinski definition) is 10. The van der Waals surface area contributed by atoms with Crippen molar-refractivity contribution in [2.75, 3.05) is 6.61 Å². The Hall–Kier alpha value is -1.66. The van der Waals surface area contributed by atoms with E-state index in [0.29, 0.717) is 37.7 Å². The lowest BCUT2D eigenvalue weighted by atomic mass is 9.46. The van der Waals surface area contributed by atoms with Gasteiger partial charge >= 0.3 is 5.97 Å². The SMILES string of the molecule is C[C@@H]1C[C@H](O)[C@]2(O)O[C@@H]3C[C@@]4(C=O)[C@@H](CC=C5[C@@H]4CC[C@]4(C)[C@@H](C6=CC(=O)OC6)C[C@@H](O)[C@]54O)C[C@H]3O[C@@H]2O1. The van der Waals surface area contributed by atoms with E-state index in [2.05, 4.69) is 0 Å². The molecule has 4 N–H and O–H groups in total. The second-order valence-electron chi connectivity index (χ2n) is 13.3. The maximum Gasteiger partial charge on any atom is 0.331 e. The molecule has 10 heteroatoms. The van der Waals surface area contributed by atoms with E-state index in [-0.39, 0.29) is 43.3 Å². The van der Waals surface area contributed by atoms with Crippen LogP contribution in [0.1, 0.15) is 58.8 Å². The van der Waals surface area contributed by atoms with Crippen LogP contribution < -0.4 is 0 Å². The summed E-state index contributed by atoms with van der Waals surface area (Å²) in [5.74, 6) is -3.03. The molecule has 0 aromatic rings. The van der Waals surface area contributed by atoms with Crippen LogP contribution in [0.5, 0.6) is 0 Å². The van der Waals surface area contributed by atoms with Crippen molar-refractivity contribution < 1.29 is 49.0 Å². The summed E-state index contributed by atoms with van der Waals surface area (Å²) in [7, 11) is 0. The molecule has 3 heterocycles. The number of hydrogen-bond donors (Lipinski definition) is 4. The lowest BCUT2D eigenvalue weighted by Crippen LogP contribution is -2.70. The highest BCUT2D eigenvalue weighted by molar-refractivity contribution is 5.85. The second-order valence-corrected chi connectivity index (χ2v) is 13.3. The molecule has 0 aromatic heterocycles. The molecule has 3 saturated carbocycles. The number of aliphatic hydroxyl groups excluding tert-OH is 2. The number of rotatable bonds is 2. The van der Waals surface area contributed by atoms with Crippen LogP contribution in [0.25, 0.3) is 0 Å². The van der Waals surface area contributed by atoms with E-state index in [1.807, 2.05) is 19.9 Å². The summed E-state index contributed by atoms with van der Waals surface area (Å²) in [6.45, 7) is 3.95. The quantitative estimate of drug-likeness (QED) is 0.223. The second kappa shape index (κ2) is 8.44. The van der Waals surface area contributed by atoms with E-state index in [1.165, 1.54) is 6.08 Å². The lowest BCUT2D eigenvalue weighted by molar-refractivity contribution is -0.456. The lowest BCUT2D eigenvalue weighted by Gasteiger charge is -2.62. The summed E-state index contributed by atoms with van der Waals surface area (Å²) in [4.78, 5) is 24.9. The van der Waals surface area contributed by atoms with Crippen molar-refractivity contribution in [2.45, 2.75) is 107 Å². The number of allylic oxidation sites excluding steroid dienone is 1. The monoisotopic (exact) mass is 546 g/mol. The van der Waals surface area contributed by atoms with Gasteiger partial charge in [-0.05, 0) is 74.3 Å². The maximum absolute atomic E-state index is 13.1. The number of esters is 1. The standard InChI is InChI=1S/C29H38O10/c1-14-7-23(32)29(35)25(37-14)38-20-9-16-3-4-18-17(27(16,13-30)11-21(20)39-29)5-6-26(2)19(10-22(31)28(18,26)34)15-8-24(33)36-12-15/h4,8,13-14,16-17,19-23,25,31-32,34-35H,3,5-7,9-12H2,1-2H3/t14-,16+,17+,19-,20-,21-,22-,23+,25+,26-,27-,28-,29+/m1/s1. The van der Waals surface area contributed by atoms with Gasteiger partial charge in [0.15, 0.2) is 0 Å². The summed E-state index contributed by atoms with van der Waals surface area (Å²) in [5.41, 5.74) is -1.67. The highest BCUT2D eigenvalue weighted by Crippen LogP contribution is 2.68. The van der Waals surface area contributed by atoms with Gasteiger partial charge in [0.25, 0.3) is 0 Å². The molecule has 10 nitrogen and oxygen atoms in total. The predicted octanol–water partition coefficient (Wildman–Crippen LogP) is 0.892. The molecule has 0 bridgehead atoms. The van der Waals surface area contributed by atoms with Gasteiger partial charge in [0.2, 0.25) is 12.1 Å². The van der Waals surface area contributed by atoms with Crippen LogP contribution in [0, 0.1) is 28.6 Å². The molecule has 0 spiro atoms. The van der Waals surface area contributed by atoms with E-state index in [9.17, 15) is 30.0 Å². The predicted molar refractivity (Wildman–Crippen MR) is 133 cm³/mol. The minimum absolute atomic E-state index is 0.0726. The molecule has 0 aromatic carbocycles. The Bertz CT molecular complexity index is 1150. The van der Waals surface area contributed by atoms with Crippen molar-refractivity contribution in [3.63, 3.8) is 0 Å². The van der Waals surface area contributed by atoms with Gasteiger partial charge < -0.3 is 44.2 Å². The normalized spacial score (nSPS) is 56.2. The minimum Gasteiger partial charge on any atom is -0.458 e. The molecule has 39 heavy (non-hydrogen) atoms. The van der Waals surface area contributed by atoms with Crippen molar-refractivity contribution in [2.24, 2.45) is 28.6 Å². The molecule has 7 rings (SSSR count). The Morgan fingerprint density at radius 2 is 1.85 bits per heavy atom. The molecular formula is C29H38O10. The molecule has 5 fully saturated rings. The number of aldehydes is 1. The Labute approximate surface area is 226 Å². The van der Waals surface area contributed by atoms with Gasteiger partial charge in [-0.2, -0.15) is 0 Å². The molecule has 0 unspecified atom stereocenters. The average molecular weight is 547 g/mol. The molecule has 0 amide bonds. The van der Waals surface area contributed by atoms with Crippen LogP contribution in [0.15, 0.2) is 23.3 Å². The zero-order valence-electron chi connectivity index (χ0n) is 22.3. The van der Waals surface area contributed by atoms with Gasteiger partial charge in [-0.15, -0.1) is 0 Å². The van der Waals surface area contributed by atoms with E-state index < -0.39 is 58.9 Å². The summed E-state index contributed by atoms with van der Waals surface area (Å²) in [6.07, 6.45) is 2.80. The molecule has 13 atom stereocenters. The Kier molecular flexibility index (Phi) is 5.68. The third-order valence-corrected chi connectivity index (χ3v) is 11.6. The van der Waals surface area contributed by atoms with Crippen molar-refractivity contribution in [1.82, 2.24) is 0 Å². The van der Waals surface area contributed by atoms with Crippen LogP contribution in [-0.2, 0) is 28.5 Å². The average Bonchev–Trinajstić information content (AvgIpc) is 3.41. The Morgan fingerprint density at radius 3 is 2.56 bits per heavy atom.